The van der Waals surface area contributed by atoms with Crippen LogP contribution >= 0.6 is 0 Å². The van der Waals surface area contributed by atoms with Gasteiger partial charge in [-0.3, -0.25) is 0 Å². The molecule has 136 valence electrons. The van der Waals surface area contributed by atoms with E-state index in [9.17, 15) is 5.11 Å². The maximum Gasteiger partial charge on any atom is 0.214 e. The zero-order valence-corrected chi connectivity index (χ0v) is 16.2. The molecule has 3 rings (SSSR count). The molecule has 3 N–H and O–H groups in total. The van der Waals surface area contributed by atoms with Gasteiger partial charge in [0.25, 0.3) is 0 Å². The van der Waals surface area contributed by atoms with Gasteiger partial charge in [0.15, 0.2) is 5.69 Å². The van der Waals surface area contributed by atoms with Gasteiger partial charge in [-0.05, 0) is 52.2 Å². The third kappa shape index (κ3) is 3.59. The van der Waals surface area contributed by atoms with E-state index in [1.54, 1.807) is 4.90 Å². The predicted molar refractivity (Wildman–Crippen MR) is 103 cm³/mol. The quantitative estimate of drug-likeness (QED) is 0.876. The summed E-state index contributed by atoms with van der Waals surface area (Å²) in [6.07, 6.45) is 3.92. The fraction of sp³-hybridized carbons (Fsp3) is 0.571. The van der Waals surface area contributed by atoms with E-state index < -0.39 is 0 Å². The number of hydrogen-bond donors (Lipinski definition) is 2. The molecule has 0 amide bonds. The normalized spacial score (nSPS) is 20.8. The van der Waals surface area contributed by atoms with Crippen molar-refractivity contribution in [3.63, 3.8) is 0 Å². The molecule has 25 heavy (non-hydrogen) atoms. The number of nitrogens with zero attached hydrogens (tertiary/aromatic N) is 1. The van der Waals surface area contributed by atoms with Gasteiger partial charge >= 0.3 is 0 Å². The SMILES string of the molecule is CCN(CC)c1ccc2[nH+]c(C)c(C[NH+]3CCCCC3C)c(O)c2c1. The topological polar surface area (TPSA) is 42.1 Å². The second-order valence-electron chi connectivity index (χ2n) is 7.46. The summed E-state index contributed by atoms with van der Waals surface area (Å²) >= 11 is 0. The zero-order chi connectivity index (χ0) is 18.0. The first-order chi connectivity index (χ1) is 12.0. The molecule has 0 bridgehead atoms. The minimum atomic E-state index is 0.463. The van der Waals surface area contributed by atoms with Crippen molar-refractivity contribution in [2.45, 2.75) is 59.5 Å². The first-order valence-electron chi connectivity index (χ1n) is 9.82. The molecule has 0 radical (unpaired) electrons. The van der Waals surface area contributed by atoms with Gasteiger partial charge in [0.2, 0.25) is 5.52 Å². The number of fused-ring (bicyclic) bond motifs is 1. The number of aromatic amines is 1. The van der Waals surface area contributed by atoms with Crippen molar-refractivity contribution in [2.24, 2.45) is 0 Å². The zero-order valence-electron chi connectivity index (χ0n) is 16.2. The van der Waals surface area contributed by atoms with Crippen LogP contribution in [0.15, 0.2) is 18.2 Å². The summed E-state index contributed by atoms with van der Waals surface area (Å²) in [6.45, 7) is 12.8. The van der Waals surface area contributed by atoms with Crippen molar-refractivity contribution < 1.29 is 15.0 Å². The van der Waals surface area contributed by atoms with Crippen molar-refractivity contribution >= 4 is 16.6 Å². The van der Waals surface area contributed by atoms with Crippen LogP contribution in [0.5, 0.6) is 5.75 Å². The van der Waals surface area contributed by atoms with Gasteiger partial charge in [0.05, 0.1) is 18.0 Å². The van der Waals surface area contributed by atoms with Crippen molar-refractivity contribution in [3.05, 3.63) is 29.5 Å². The van der Waals surface area contributed by atoms with Gasteiger partial charge in [-0.1, -0.05) is 0 Å². The van der Waals surface area contributed by atoms with Crippen molar-refractivity contribution in [3.8, 4) is 5.75 Å². The number of aryl methyl sites for hydroxylation is 1. The Kier molecular flexibility index (Phi) is 5.48. The van der Waals surface area contributed by atoms with E-state index in [0.29, 0.717) is 11.8 Å². The van der Waals surface area contributed by atoms with Crippen LogP contribution in [-0.4, -0.2) is 30.8 Å². The highest BCUT2D eigenvalue weighted by atomic mass is 16.3. The lowest BCUT2D eigenvalue weighted by molar-refractivity contribution is -0.942. The number of piperidine rings is 1. The number of H-pyrrole nitrogens is 1. The number of benzene rings is 1. The molecule has 1 aromatic heterocycles. The Bertz CT molecular complexity index is 739. The average molecular weight is 344 g/mol. The van der Waals surface area contributed by atoms with Crippen LogP contribution in [0, 0.1) is 6.92 Å². The lowest BCUT2D eigenvalue weighted by Crippen LogP contribution is -3.15. The Morgan fingerprint density at radius 2 is 2.00 bits per heavy atom. The highest BCUT2D eigenvalue weighted by molar-refractivity contribution is 5.87. The minimum absolute atomic E-state index is 0.463. The lowest BCUT2D eigenvalue weighted by atomic mass is 10.0. The van der Waals surface area contributed by atoms with Crippen LogP contribution in [0.3, 0.4) is 0 Å². The van der Waals surface area contributed by atoms with E-state index in [1.165, 1.54) is 31.5 Å². The Morgan fingerprint density at radius 3 is 2.68 bits per heavy atom. The van der Waals surface area contributed by atoms with Gasteiger partial charge in [0.1, 0.15) is 17.9 Å². The first-order valence-corrected chi connectivity index (χ1v) is 9.82. The molecule has 1 aromatic carbocycles. The molecule has 0 saturated carbocycles. The van der Waals surface area contributed by atoms with Crippen LogP contribution in [0.25, 0.3) is 10.9 Å². The smallest absolute Gasteiger partial charge is 0.214 e. The fourth-order valence-electron chi connectivity index (χ4n) is 4.20. The molecule has 2 unspecified atom stereocenters. The first kappa shape index (κ1) is 18.0. The second-order valence-corrected chi connectivity index (χ2v) is 7.46. The van der Waals surface area contributed by atoms with Gasteiger partial charge < -0.3 is 14.9 Å². The van der Waals surface area contributed by atoms with E-state index in [1.807, 2.05) is 0 Å². The Hall–Kier alpha value is -1.81. The molecule has 4 heteroatoms. The number of likely N-dealkylation sites (tertiary alicyclic amines) is 1. The molecule has 4 nitrogen and oxygen atoms in total. The largest absolute Gasteiger partial charge is 0.506 e. The molecule has 2 atom stereocenters. The van der Waals surface area contributed by atoms with Gasteiger partial charge in [-0.15, -0.1) is 0 Å². The van der Waals surface area contributed by atoms with E-state index in [4.69, 9.17) is 0 Å². The summed E-state index contributed by atoms with van der Waals surface area (Å²) in [4.78, 5) is 7.42. The Balaban J connectivity index is 2.00. The van der Waals surface area contributed by atoms with Crippen LogP contribution < -0.4 is 14.8 Å². The highest BCUT2D eigenvalue weighted by Crippen LogP contribution is 2.30. The van der Waals surface area contributed by atoms with E-state index in [2.05, 4.69) is 55.8 Å². The van der Waals surface area contributed by atoms with E-state index in [-0.39, 0.29) is 0 Å². The highest BCUT2D eigenvalue weighted by Gasteiger charge is 2.27. The van der Waals surface area contributed by atoms with Crippen molar-refractivity contribution in [2.75, 3.05) is 24.5 Å². The van der Waals surface area contributed by atoms with Crippen LogP contribution in [0.4, 0.5) is 5.69 Å². The summed E-state index contributed by atoms with van der Waals surface area (Å²) in [7, 11) is 0. The number of aromatic nitrogens is 1. The Labute approximate surface area is 151 Å². The number of quaternary nitrogens is 1. The minimum Gasteiger partial charge on any atom is -0.506 e. The number of pyridine rings is 1. The second kappa shape index (κ2) is 7.61. The molecule has 2 heterocycles. The third-order valence-electron chi connectivity index (χ3n) is 5.93. The molecular weight excluding hydrogens is 310 g/mol. The fourth-order valence-corrected chi connectivity index (χ4v) is 4.20. The predicted octanol–water partition coefficient (Wildman–Crippen LogP) is 2.47. The van der Waals surface area contributed by atoms with Gasteiger partial charge in [-0.2, -0.15) is 0 Å². The number of anilines is 1. The molecular formula is C21H33N3O+2. The molecule has 1 aliphatic rings. The van der Waals surface area contributed by atoms with Crippen molar-refractivity contribution in [1.82, 2.24) is 0 Å². The maximum atomic E-state index is 11.0. The molecule has 0 spiro atoms. The third-order valence-corrected chi connectivity index (χ3v) is 5.93. The molecule has 1 fully saturated rings. The standard InChI is InChI=1S/C21H31N3O/c1-5-23(6-2)17-10-11-20-18(13-17)21(25)19(16(4)22-20)14-24-12-8-7-9-15(24)3/h10-11,13,15H,5-9,12,14H2,1-4H3,(H,22,25)/p+2. The molecule has 2 aromatic rings. The number of nitrogens with one attached hydrogen (secondary N) is 2. The van der Waals surface area contributed by atoms with Crippen LogP contribution in [-0.2, 0) is 6.54 Å². The summed E-state index contributed by atoms with van der Waals surface area (Å²) < 4.78 is 0. The number of rotatable bonds is 5. The molecule has 1 aliphatic heterocycles. The molecule has 0 aliphatic carbocycles. The summed E-state index contributed by atoms with van der Waals surface area (Å²) in [6, 6.07) is 7.04. The van der Waals surface area contributed by atoms with E-state index >= 15 is 0 Å². The van der Waals surface area contributed by atoms with Gasteiger partial charge in [-0.25, -0.2) is 4.98 Å². The van der Waals surface area contributed by atoms with Crippen LogP contribution in [0.1, 0.15) is 51.3 Å². The van der Waals surface area contributed by atoms with E-state index in [0.717, 1.165) is 41.8 Å². The number of hydrogen-bond acceptors (Lipinski definition) is 2. The lowest BCUT2D eigenvalue weighted by Gasteiger charge is -2.30. The summed E-state index contributed by atoms with van der Waals surface area (Å²) in [5.41, 5.74) is 4.35. The van der Waals surface area contributed by atoms with Gasteiger partial charge in [0, 0.05) is 31.8 Å². The monoisotopic (exact) mass is 343 g/mol. The summed E-state index contributed by atoms with van der Waals surface area (Å²) in [5.74, 6) is 0.463. The average Bonchev–Trinajstić information content (AvgIpc) is 2.61. The summed E-state index contributed by atoms with van der Waals surface area (Å²) in [5, 5.41) is 12.0. The molecule has 1 saturated heterocycles. The number of aromatic hydroxyl groups is 1. The van der Waals surface area contributed by atoms with Crippen LogP contribution in [0.2, 0.25) is 0 Å². The maximum absolute atomic E-state index is 11.0. The van der Waals surface area contributed by atoms with Crippen molar-refractivity contribution in [1.29, 1.82) is 0 Å². The Morgan fingerprint density at radius 1 is 1.24 bits per heavy atom.